The summed E-state index contributed by atoms with van der Waals surface area (Å²) < 4.78 is 5.38. The molecule has 0 aliphatic heterocycles. The largest absolute Gasteiger partial charge is 0.374 e. The van der Waals surface area contributed by atoms with E-state index in [1.54, 1.807) is 18.4 Å². The van der Waals surface area contributed by atoms with E-state index in [0.717, 1.165) is 4.88 Å². The van der Waals surface area contributed by atoms with Crippen molar-refractivity contribution in [1.82, 2.24) is 5.32 Å². The molecule has 1 atom stereocenters. The molecule has 0 aliphatic carbocycles. The normalized spacial score (nSPS) is 12.8. The molecule has 1 amide bonds. The van der Waals surface area contributed by atoms with Gasteiger partial charge in [-0.05, 0) is 19.1 Å². The molecule has 0 aliphatic rings. The molecule has 1 aromatic rings. The number of aryl methyl sites for hydroxylation is 1. The lowest BCUT2D eigenvalue weighted by Gasteiger charge is -2.15. The molecule has 16 heavy (non-hydrogen) atoms. The van der Waals surface area contributed by atoms with Crippen molar-refractivity contribution in [2.45, 2.75) is 26.9 Å². The number of amides is 1. The predicted octanol–water partition coefficient (Wildman–Crippen LogP) is 2.52. The molecule has 1 unspecified atom stereocenters. The van der Waals surface area contributed by atoms with Crippen LogP contribution >= 0.6 is 11.3 Å². The first-order valence-electron chi connectivity index (χ1n) is 5.41. The van der Waals surface area contributed by atoms with Gasteiger partial charge in [0.25, 0.3) is 0 Å². The minimum atomic E-state index is -0.0404. The minimum absolute atomic E-state index is 0.0163. The Morgan fingerprint density at radius 1 is 1.50 bits per heavy atom. The van der Waals surface area contributed by atoms with E-state index in [2.05, 4.69) is 24.4 Å². The second-order valence-electron chi connectivity index (χ2n) is 4.07. The van der Waals surface area contributed by atoms with Gasteiger partial charge in [-0.2, -0.15) is 0 Å². The second-order valence-corrected chi connectivity index (χ2v) is 5.39. The number of methoxy groups -OCH3 is 1. The first-order valence-corrected chi connectivity index (χ1v) is 6.23. The highest BCUT2D eigenvalue weighted by molar-refractivity contribution is 7.12. The van der Waals surface area contributed by atoms with Crippen molar-refractivity contribution >= 4 is 17.2 Å². The zero-order valence-electron chi connectivity index (χ0n) is 10.2. The summed E-state index contributed by atoms with van der Waals surface area (Å²) >= 11 is 1.70. The Morgan fingerprint density at radius 3 is 2.62 bits per heavy atom. The van der Waals surface area contributed by atoms with Gasteiger partial charge in [-0.3, -0.25) is 4.79 Å². The van der Waals surface area contributed by atoms with Crippen molar-refractivity contribution in [1.29, 1.82) is 0 Å². The fourth-order valence-corrected chi connectivity index (χ4v) is 2.28. The Hall–Kier alpha value is -0.870. The molecule has 1 aromatic heterocycles. The number of hydrogen-bond acceptors (Lipinski definition) is 3. The highest BCUT2D eigenvalue weighted by Crippen LogP contribution is 2.24. The molecule has 1 rings (SSSR count). The van der Waals surface area contributed by atoms with Gasteiger partial charge in [-0.15, -0.1) is 11.3 Å². The predicted molar refractivity (Wildman–Crippen MR) is 66.7 cm³/mol. The van der Waals surface area contributed by atoms with E-state index in [9.17, 15) is 4.79 Å². The third-order valence-corrected chi connectivity index (χ3v) is 3.44. The van der Waals surface area contributed by atoms with Gasteiger partial charge in [0.1, 0.15) is 6.10 Å². The monoisotopic (exact) mass is 241 g/mol. The number of thiophene rings is 1. The molecule has 1 N–H and O–H groups in total. The van der Waals surface area contributed by atoms with Crippen LogP contribution in [0.4, 0.5) is 0 Å². The molecule has 0 fully saturated rings. The Bertz CT molecular complexity index is 347. The van der Waals surface area contributed by atoms with Gasteiger partial charge in [-0.1, -0.05) is 13.8 Å². The van der Waals surface area contributed by atoms with Gasteiger partial charge in [0.05, 0.1) is 0 Å². The van der Waals surface area contributed by atoms with Crippen molar-refractivity contribution in [3.8, 4) is 0 Å². The lowest BCUT2D eigenvalue weighted by Crippen LogP contribution is -2.31. The van der Waals surface area contributed by atoms with Crippen LogP contribution in [0.2, 0.25) is 0 Å². The second kappa shape index (κ2) is 6.01. The lowest BCUT2D eigenvalue weighted by atomic mass is 10.2. The van der Waals surface area contributed by atoms with Crippen LogP contribution in [0.5, 0.6) is 0 Å². The third kappa shape index (κ3) is 3.61. The molecule has 0 aromatic carbocycles. The summed E-state index contributed by atoms with van der Waals surface area (Å²) in [5.74, 6) is 0.0814. The first kappa shape index (κ1) is 13.2. The first-order chi connectivity index (χ1) is 7.54. The molecule has 0 bridgehead atoms. The molecule has 3 nitrogen and oxygen atoms in total. The molecule has 90 valence electrons. The number of ether oxygens (including phenoxy) is 1. The van der Waals surface area contributed by atoms with Gasteiger partial charge >= 0.3 is 0 Å². The maximum Gasteiger partial charge on any atom is 0.222 e. The van der Waals surface area contributed by atoms with E-state index in [1.807, 2.05) is 13.8 Å². The Morgan fingerprint density at radius 2 is 2.19 bits per heavy atom. The fraction of sp³-hybridized carbons (Fsp3) is 0.583. The summed E-state index contributed by atoms with van der Waals surface area (Å²) in [7, 11) is 1.67. The molecule has 1 heterocycles. The van der Waals surface area contributed by atoms with Crippen LogP contribution in [0.25, 0.3) is 0 Å². The van der Waals surface area contributed by atoms with Crippen LogP contribution in [-0.2, 0) is 9.53 Å². The summed E-state index contributed by atoms with van der Waals surface area (Å²) in [5, 5.41) is 2.88. The van der Waals surface area contributed by atoms with Gasteiger partial charge in [-0.25, -0.2) is 0 Å². The molecular formula is C12H19NO2S. The molecule has 4 heteroatoms. The topological polar surface area (TPSA) is 38.3 Å². The number of hydrogen-bond donors (Lipinski definition) is 1. The van der Waals surface area contributed by atoms with Crippen molar-refractivity contribution in [2.75, 3.05) is 13.7 Å². The quantitative estimate of drug-likeness (QED) is 0.860. The summed E-state index contributed by atoms with van der Waals surface area (Å²) in [6.45, 7) is 6.36. The third-order valence-electron chi connectivity index (χ3n) is 2.35. The zero-order chi connectivity index (χ0) is 12.1. The van der Waals surface area contributed by atoms with Crippen LogP contribution in [0.1, 0.15) is 29.7 Å². The SMILES string of the molecule is COC(CNC(=O)C(C)C)c1ccc(C)s1. The summed E-state index contributed by atoms with van der Waals surface area (Å²) in [6, 6.07) is 4.12. The molecule has 0 saturated carbocycles. The van der Waals surface area contributed by atoms with Crippen molar-refractivity contribution in [3.05, 3.63) is 21.9 Å². The van der Waals surface area contributed by atoms with Gasteiger partial charge < -0.3 is 10.1 Å². The maximum atomic E-state index is 11.4. The summed E-state index contributed by atoms with van der Waals surface area (Å²) in [4.78, 5) is 13.8. The Labute approximate surface area is 101 Å². The molecule has 0 saturated heterocycles. The van der Waals surface area contributed by atoms with E-state index in [1.165, 1.54) is 4.88 Å². The summed E-state index contributed by atoms with van der Waals surface area (Å²) in [6.07, 6.45) is -0.0404. The van der Waals surface area contributed by atoms with Crippen molar-refractivity contribution in [3.63, 3.8) is 0 Å². The highest BCUT2D eigenvalue weighted by atomic mass is 32.1. The Balaban J connectivity index is 2.53. The van der Waals surface area contributed by atoms with E-state index in [4.69, 9.17) is 4.74 Å². The average Bonchev–Trinajstić information content (AvgIpc) is 2.65. The van der Waals surface area contributed by atoms with Crippen molar-refractivity contribution in [2.24, 2.45) is 5.92 Å². The van der Waals surface area contributed by atoms with E-state index >= 15 is 0 Å². The number of carbonyl (C=O) groups excluding carboxylic acids is 1. The minimum Gasteiger partial charge on any atom is -0.374 e. The van der Waals surface area contributed by atoms with Crippen molar-refractivity contribution < 1.29 is 9.53 Å². The summed E-state index contributed by atoms with van der Waals surface area (Å²) in [5.41, 5.74) is 0. The maximum absolute atomic E-state index is 11.4. The number of nitrogens with one attached hydrogen (secondary N) is 1. The number of carbonyl (C=O) groups is 1. The van der Waals surface area contributed by atoms with E-state index < -0.39 is 0 Å². The number of rotatable bonds is 5. The van der Waals surface area contributed by atoms with Gasteiger partial charge in [0, 0.05) is 29.3 Å². The van der Waals surface area contributed by atoms with Gasteiger partial charge in [0.2, 0.25) is 5.91 Å². The van der Waals surface area contributed by atoms with Gasteiger partial charge in [0.15, 0.2) is 0 Å². The fourth-order valence-electron chi connectivity index (χ4n) is 1.32. The lowest BCUT2D eigenvalue weighted by molar-refractivity contribution is -0.124. The molecule has 0 spiro atoms. The van der Waals surface area contributed by atoms with E-state index in [0.29, 0.717) is 6.54 Å². The van der Waals surface area contributed by atoms with E-state index in [-0.39, 0.29) is 17.9 Å². The molecular weight excluding hydrogens is 222 g/mol. The average molecular weight is 241 g/mol. The molecule has 0 radical (unpaired) electrons. The van der Waals surface area contributed by atoms with Crippen LogP contribution < -0.4 is 5.32 Å². The smallest absolute Gasteiger partial charge is 0.222 e. The Kier molecular flexibility index (Phi) is 4.96. The van der Waals surface area contributed by atoms with Crippen LogP contribution in [0.3, 0.4) is 0 Å². The van der Waals surface area contributed by atoms with Crippen LogP contribution in [-0.4, -0.2) is 19.6 Å². The zero-order valence-corrected chi connectivity index (χ0v) is 11.1. The standard InChI is InChI=1S/C12H19NO2S/c1-8(2)12(14)13-7-10(15-4)11-6-5-9(3)16-11/h5-6,8,10H,7H2,1-4H3,(H,13,14). The van der Waals surface area contributed by atoms with Crippen LogP contribution in [0, 0.1) is 12.8 Å². The highest BCUT2D eigenvalue weighted by Gasteiger charge is 2.14. The van der Waals surface area contributed by atoms with Crippen LogP contribution in [0.15, 0.2) is 12.1 Å².